The molecule has 0 aliphatic carbocycles. The monoisotopic (exact) mass is 190 g/mol. The van der Waals surface area contributed by atoms with Crippen LogP contribution in [0, 0.1) is 6.92 Å². The van der Waals surface area contributed by atoms with Crippen LogP contribution in [0.3, 0.4) is 0 Å². The quantitative estimate of drug-likeness (QED) is 0.742. The highest BCUT2D eigenvalue weighted by molar-refractivity contribution is 6.02. The van der Waals surface area contributed by atoms with E-state index in [-0.39, 0.29) is 0 Å². The Labute approximate surface area is 80.8 Å². The Kier molecular flexibility index (Phi) is 1.77. The Morgan fingerprint density at radius 2 is 2.29 bits per heavy atom. The molecule has 0 aliphatic heterocycles. The molecule has 2 aromatic rings. The summed E-state index contributed by atoms with van der Waals surface area (Å²) in [6.45, 7) is 1.89. The van der Waals surface area contributed by atoms with Gasteiger partial charge in [-0.15, -0.1) is 0 Å². The fourth-order valence-corrected chi connectivity index (χ4v) is 1.54. The summed E-state index contributed by atoms with van der Waals surface area (Å²) in [5.41, 5.74) is 1.97. The van der Waals surface area contributed by atoms with Gasteiger partial charge in [-0.05, 0) is 18.6 Å². The fraction of sp³-hybridized carbons (Fsp3) is 0.200. The van der Waals surface area contributed by atoms with Gasteiger partial charge in [-0.2, -0.15) is 0 Å². The zero-order chi connectivity index (χ0) is 10.3. The number of nitrogens with zero attached hydrogens (tertiary/aromatic N) is 2. The number of aromatic carboxylic acids is 1. The maximum Gasteiger partial charge on any atom is 0.337 e. The predicted molar refractivity (Wildman–Crippen MR) is 52.4 cm³/mol. The van der Waals surface area contributed by atoms with Crippen LogP contribution in [0.2, 0.25) is 0 Å². The summed E-state index contributed by atoms with van der Waals surface area (Å²) >= 11 is 0. The lowest BCUT2D eigenvalue weighted by Gasteiger charge is -1.95. The van der Waals surface area contributed by atoms with Crippen LogP contribution < -0.4 is 0 Å². The number of carboxylic acid groups (broad SMARTS) is 1. The van der Waals surface area contributed by atoms with Crippen molar-refractivity contribution in [2.24, 2.45) is 7.05 Å². The molecule has 0 unspecified atom stereocenters. The lowest BCUT2D eigenvalue weighted by molar-refractivity contribution is 0.0699. The zero-order valence-corrected chi connectivity index (χ0v) is 7.98. The number of aromatic nitrogens is 2. The van der Waals surface area contributed by atoms with Crippen LogP contribution in [0.25, 0.3) is 11.0 Å². The molecule has 0 atom stereocenters. The largest absolute Gasteiger partial charge is 0.478 e. The predicted octanol–water partition coefficient (Wildman–Crippen LogP) is 1.58. The van der Waals surface area contributed by atoms with Crippen LogP contribution in [0.1, 0.15) is 15.9 Å². The molecule has 0 saturated carbocycles. The second-order valence-corrected chi connectivity index (χ2v) is 3.34. The van der Waals surface area contributed by atoms with Crippen molar-refractivity contribution in [2.45, 2.75) is 6.92 Å². The molecule has 14 heavy (non-hydrogen) atoms. The third-order valence-electron chi connectivity index (χ3n) is 2.18. The van der Waals surface area contributed by atoms with Crippen LogP contribution in [0.5, 0.6) is 0 Å². The number of hydrogen-bond acceptors (Lipinski definition) is 2. The summed E-state index contributed by atoms with van der Waals surface area (Å²) in [7, 11) is 1.79. The van der Waals surface area contributed by atoms with Gasteiger partial charge < -0.3 is 9.67 Å². The van der Waals surface area contributed by atoms with Crippen molar-refractivity contribution in [1.29, 1.82) is 0 Å². The van der Waals surface area contributed by atoms with Gasteiger partial charge in [0.1, 0.15) is 5.65 Å². The molecule has 2 heterocycles. The van der Waals surface area contributed by atoms with E-state index in [2.05, 4.69) is 4.98 Å². The molecule has 0 radical (unpaired) electrons. The number of rotatable bonds is 1. The molecule has 0 aromatic carbocycles. The van der Waals surface area contributed by atoms with Crippen molar-refractivity contribution in [3.05, 3.63) is 29.6 Å². The number of aryl methyl sites for hydroxylation is 2. The van der Waals surface area contributed by atoms with E-state index in [1.165, 1.54) is 0 Å². The van der Waals surface area contributed by atoms with Gasteiger partial charge in [-0.3, -0.25) is 0 Å². The normalized spacial score (nSPS) is 10.7. The third kappa shape index (κ3) is 1.16. The first kappa shape index (κ1) is 8.74. The number of hydrogen-bond donors (Lipinski definition) is 1. The summed E-state index contributed by atoms with van der Waals surface area (Å²) in [5.74, 6) is -0.914. The van der Waals surface area contributed by atoms with Crippen LogP contribution in [0.4, 0.5) is 0 Å². The van der Waals surface area contributed by atoms with Crippen LogP contribution in [0.15, 0.2) is 18.5 Å². The third-order valence-corrected chi connectivity index (χ3v) is 2.18. The number of carbonyl (C=O) groups is 1. The molecule has 4 heteroatoms. The van der Waals surface area contributed by atoms with E-state index in [1.807, 2.05) is 13.0 Å². The molecule has 4 nitrogen and oxygen atoms in total. The van der Waals surface area contributed by atoms with Crippen molar-refractivity contribution >= 4 is 17.0 Å². The van der Waals surface area contributed by atoms with E-state index >= 15 is 0 Å². The lowest BCUT2D eigenvalue weighted by Crippen LogP contribution is -1.94. The molecule has 0 aliphatic rings. The maximum atomic E-state index is 10.9. The zero-order valence-electron chi connectivity index (χ0n) is 7.98. The van der Waals surface area contributed by atoms with Gasteiger partial charge in [0.15, 0.2) is 0 Å². The fourth-order valence-electron chi connectivity index (χ4n) is 1.54. The van der Waals surface area contributed by atoms with Crippen LogP contribution >= 0.6 is 0 Å². The minimum atomic E-state index is -0.914. The van der Waals surface area contributed by atoms with Crippen molar-refractivity contribution in [3.8, 4) is 0 Å². The van der Waals surface area contributed by atoms with E-state index in [0.29, 0.717) is 16.6 Å². The van der Waals surface area contributed by atoms with Crippen molar-refractivity contribution in [2.75, 3.05) is 0 Å². The minimum Gasteiger partial charge on any atom is -0.478 e. The van der Waals surface area contributed by atoms with Crippen molar-refractivity contribution < 1.29 is 9.90 Å². The molecule has 2 rings (SSSR count). The first-order chi connectivity index (χ1) is 6.59. The standard InChI is InChI=1S/C10H10N2O2/c1-6-3-7-8(10(13)14)5-12(2)9(7)11-4-6/h3-5H,1-2H3,(H,13,14). The number of carboxylic acids is 1. The Hall–Kier alpha value is -1.84. The highest BCUT2D eigenvalue weighted by Gasteiger charge is 2.13. The van der Waals surface area contributed by atoms with Gasteiger partial charge in [0.2, 0.25) is 0 Å². The summed E-state index contributed by atoms with van der Waals surface area (Å²) in [6.07, 6.45) is 3.31. The number of pyridine rings is 1. The smallest absolute Gasteiger partial charge is 0.337 e. The van der Waals surface area contributed by atoms with Crippen LogP contribution in [-0.2, 0) is 7.05 Å². The second-order valence-electron chi connectivity index (χ2n) is 3.34. The first-order valence-corrected chi connectivity index (χ1v) is 4.24. The molecule has 2 aromatic heterocycles. The maximum absolute atomic E-state index is 10.9. The summed E-state index contributed by atoms with van der Waals surface area (Å²) in [4.78, 5) is 15.1. The molecular formula is C10H10N2O2. The van der Waals surface area contributed by atoms with Gasteiger partial charge >= 0.3 is 5.97 Å². The van der Waals surface area contributed by atoms with Crippen molar-refractivity contribution in [3.63, 3.8) is 0 Å². The van der Waals surface area contributed by atoms with Gasteiger partial charge in [-0.25, -0.2) is 9.78 Å². The Morgan fingerprint density at radius 3 is 2.93 bits per heavy atom. The molecule has 0 spiro atoms. The highest BCUT2D eigenvalue weighted by atomic mass is 16.4. The molecule has 0 fully saturated rings. The van der Waals surface area contributed by atoms with Gasteiger partial charge in [0, 0.05) is 24.8 Å². The lowest BCUT2D eigenvalue weighted by atomic mass is 10.2. The molecule has 1 N–H and O–H groups in total. The second kappa shape index (κ2) is 2.83. The van der Waals surface area contributed by atoms with Crippen LogP contribution in [-0.4, -0.2) is 20.6 Å². The minimum absolute atomic E-state index is 0.304. The Bertz CT molecular complexity index is 514. The number of fused-ring (bicyclic) bond motifs is 1. The topological polar surface area (TPSA) is 55.1 Å². The Balaban J connectivity index is 2.85. The van der Waals surface area contributed by atoms with Gasteiger partial charge in [-0.1, -0.05) is 0 Å². The molecular weight excluding hydrogens is 180 g/mol. The average molecular weight is 190 g/mol. The van der Waals surface area contributed by atoms with E-state index in [4.69, 9.17) is 5.11 Å². The van der Waals surface area contributed by atoms with Gasteiger partial charge in [0.25, 0.3) is 0 Å². The van der Waals surface area contributed by atoms with E-state index in [1.54, 1.807) is 24.0 Å². The molecule has 72 valence electrons. The van der Waals surface area contributed by atoms with Crippen molar-refractivity contribution in [1.82, 2.24) is 9.55 Å². The van der Waals surface area contributed by atoms with E-state index in [0.717, 1.165) is 5.56 Å². The average Bonchev–Trinajstić information content (AvgIpc) is 2.43. The van der Waals surface area contributed by atoms with E-state index < -0.39 is 5.97 Å². The summed E-state index contributed by atoms with van der Waals surface area (Å²) in [5, 5.41) is 9.64. The summed E-state index contributed by atoms with van der Waals surface area (Å²) < 4.78 is 1.72. The Morgan fingerprint density at radius 1 is 1.57 bits per heavy atom. The van der Waals surface area contributed by atoms with Gasteiger partial charge in [0.05, 0.1) is 5.56 Å². The molecule has 0 bridgehead atoms. The molecule has 0 saturated heterocycles. The SMILES string of the molecule is Cc1cnc2c(c1)c(C(=O)O)cn2C. The van der Waals surface area contributed by atoms with E-state index in [9.17, 15) is 4.79 Å². The highest BCUT2D eigenvalue weighted by Crippen LogP contribution is 2.19. The molecule has 0 amide bonds. The summed E-state index contributed by atoms with van der Waals surface area (Å²) in [6, 6.07) is 1.84. The first-order valence-electron chi connectivity index (χ1n) is 4.24.